The van der Waals surface area contributed by atoms with Gasteiger partial charge in [-0.15, -0.1) is 0 Å². The Morgan fingerprint density at radius 2 is 1.70 bits per heavy atom. The number of amides is 1. The van der Waals surface area contributed by atoms with E-state index < -0.39 is 5.60 Å². The van der Waals surface area contributed by atoms with Crippen LogP contribution in [0.1, 0.15) is 25.7 Å². The van der Waals surface area contributed by atoms with Crippen molar-refractivity contribution in [1.82, 2.24) is 14.9 Å². The topological polar surface area (TPSA) is 69.6 Å². The molecule has 0 atom stereocenters. The predicted molar refractivity (Wildman–Crippen MR) is 74.2 cm³/mol. The molecule has 2 fully saturated rings. The number of aliphatic hydroxyl groups is 1. The van der Waals surface area contributed by atoms with Gasteiger partial charge in [-0.2, -0.15) is 0 Å². The van der Waals surface area contributed by atoms with Gasteiger partial charge in [0, 0.05) is 38.6 Å². The number of carbonyl (C=O) groups excluding carboxylic acids is 1. The Morgan fingerprint density at radius 3 is 2.30 bits per heavy atom. The Kier molecular flexibility index (Phi) is 3.56. The van der Waals surface area contributed by atoms with Crippen LogP contribution in [0.15, 0.2) is 18.5 Å². The lowest BCUT2D eigenvalue weighted by atomic mass is 10.00. The number of nitrogens with zero attached hydrogens (tertiary/aromatic N) is 4. The molecule has 20 heavy (non-hydrogen) atoms. The quantitative estimate of drug-likeness (QED) is 0.848. The van der Waals surface area contributed by atoms with Gasteiger partial charge in [-0.25, -0.2) is 9.97 Å². The second kappa shape index (κ2) is 5.36. The van der Waals surface area contributed by atoms with E-state index in [1.54, 1.807) is 23.4 Å². The molecule has 1 saturated carbocycles. The lowest BCUT2D eigenvalue weighted by Crippen LogP contribution is -2.55. The summed E-state index contributed by atoms with van der Waals surface area (Å²) >= 11 is 0. The zero-order valence-electron chi connectivity index (χ0n) is 11.5. The van der Waals surface area contributed by atoms with Crippen molar-refractivity contribution in [2.75, 3.05) is 31.1 Å². The summed E-state index contributed by atoms with van der Waals surface area (Å²) < 4.78 is 0. The summed E-state index contributed by atoms with van der Waals surface area (Å²) in [5.74, 6) is 0.614. The van der Waals surface area contributed by atoms with Gasteiger partial charge in [-0.1, -0.05) is 0 Å². The van der Waals surface area contributed by atoms with Crippen LogP contribution in [0.2, 0.25) is 0 Å². The smallest absolute Gasteiger partial charge is 0.254 e. The molecule has 3 rings (SSSR count). The van der Waals surface area contributed by atoms with Gasteiger partial charge in [0.2, 0.25) is 5.95 Å². The number of piperazine rings is 1. The minimum Gasteiger partial charge on any atom is -0.380 e. The van der Waals surface area contributed by atoms with Gasteiger partial charge >= 0.3 is 0 Å². The highest BCUT2D eigenvalue weighted by atomic mass is 16.3. The van der Waals surface area contributed by atoms with Gasteiger partial charge < -0.3 is 14.9 Å². The molecule has 0 unspecified atom stereocenters. The third-order valence-electron chi connectivity index (χ3n) is 4.23. The average Bonchev–Trinajstić information content (AvgIpc) is 2.96. The van der Waals surface area contributed by atoms with E-state index in [-0.39, 0.29) is 5.91 Å². The second-order valence-electron chi connectivity index (χ2n) is 5.57. The summed E-state index contributed by atoms with van der Waals surface area (Å²) in [5.41, 5.74) is -1.11. The maximum atomic E-state index is 12.4. The summed E-state index contributed by atoms with van der Waals surface area (Å²) in [6.45, 7) is 2.68. The molecule has 1 aliphatic heterocycles. The van der Waals surface area contributed by atoms with Crippen LogP contribution in [0.4, 0.5) is 5.95 Å². The molecule has 0 radical (unpaired) electrons. The minimum atomic E-state index is -1.11. The lowest BCUT2D eigenvalue weighted by Gasteiger charge is -2.37. The first-order valence-corrected chi connectivity index (χ1v) is 7.23. The molecule has 0 aromatic carbocycles. The fraction of sp³-hybridized carbons (Fsp3) is 0.643. The number of rotatable bonds is 2. The molecule has 0 bridgehead atoms. The van der Waals surface area contributed by atoms with E-state index in [0.717, 1.165) is 12.8 Å². The second-order valence-corrected chi connectivity index (χ2v) is 5.57. The molecular weight excluding hydrogens is 256 g/mol. The van der Waals surface area contributed by atoms with E-state index in [0.29, 0.717) is 45.0 Å². The van der Waals surface area contributed by atoms with Gasteiger partial charge in [0.15, 0.2) is 0 Å². The zero-order chi connectivity index (χ0) is 14.0. The zero-order valence-corrected chi connectivity index (χ0v) is 11.5. The molecule has 0 spiro atoms. The molecule has 6 nitrogen and oxygen atoms in total. The SMILES string of the molecule is O=C(N1CCN(c2ncccn2)CC1)C1(O)CCCC1. The molecule has 1 saturated heterocycles. The average molecular weight is 276 g/mol. The first-order valence-electron chi connectivity index (χ1n) is 7.23. The Bertz CT molecular complexity index is 465. The summed E-state index contributed by atoms with van der Waals surface area (Å²) in [6.07, 6.45) is 6.55. The highest BCUT2D eigenvalue weighted by molar-refractivity contribution is 5.85. The fourth-order valence-electron chi connectivity index (χ4n) is 3.03. The summed E-state index contributed by atoms with van der Waals surface area (Å²) in [6, 6.07) is 1.79. The van der Waals surface area contributed by atoms with Crippen LogP contribution in [-0.2, 0) is 4.79 Å². The number of aromatic nitrogens is 2. The number of hydrogen-bond acceptors (Lipinski definition) is 5. The Labute approximate surface area is 118 Å². The standard InChI is InChI=1S/C14H20N4O2/c19-12(14(20)4-1-2-5-14)17-8-10-18(11-9-17)13-15-6-3-7-16-13/h3,6-7,20H,1-2,4-5,8-11H2. The van der Waals surface area contributed by atoms with Crippen LogP contribution in [0, 0.1) is 0 Å². The molecule has 1 aliphatic carbocycles. The molecule has 6 heteroatoms. The molecule has 1 N–H and O–H groups in total. The molecule has 2 aliphatic rings. The highest BCUT2D eigenvalue weighted by Gasteiger charge is 2.42. The van der Waals surface area contributed by atoms with Crippen LogP contribution in [0.3, 0.4) is 0 Å². The van der Waals surface area contributed by atoms with E-state index in [9.17, 15) is 9.90 Å². The first kappa shape index (κ1) is 13.3. The monoisotopic (exact) mass is 276 g/mol. The Balaban J connectivity index is 1.60. The maximum absolute atomic E-state index is 12.4. The van der Waals surface area contributed by atoms with Gasteiger partial charge in [0.25, 0.3) is 5.91 Å². The first-order chi connectivity index (χ1) is 9.69. The number of anilines is 1. The van der Waals surface area contributed by atoms with E-state index in [1.807, 2.05) is 0 Å². The van der Waals surface area contributed by atoms with E-state index in [2.05, 4.69) is 14.9 Å². The van der Waals surface area contributed by atoms with Gasteiger partial charge in [0.1, 0.15) is 5.60 Å². The van der Waals surface area contributed by atoms with Crippen LogP contribution >= 0.6 is 0 Å². The van der Waals surface area contributed by atoms with Crippen LogP contribution < -0.4 is 4.90 Å². The highest BCUT2D eigenvalue weighted by Crippen LogP contribution is 2.31. The van der Waals surface area contributed by atoms with Crippen LogP contribution in [0.25, 0.3) is 0 Å². The number of carbonyl (C=O) groups is 1. The largest absolute Gasteiger partial charge is 0.380 e. The number of hydrogen-bond donors (Lipinski definition) is 1. The van der Waals surface area contributed by atoms with Crippen LogP contribution in [0.5, 0.6) is 0 Å². The summed E-state index contributed by atoms with van der Waals surface area (Å²) in [5, 5.41) is 10.4. The van der Waals surface area contributed by atoms with Crippen molar-refractivity contribution in [3.8, 4) is 0 Å². The fourth-order valence-corrected chi connectivity index (χ4v) is 3.03. The molecule has 1 aromatic heterocycles. The predicted octanol–water partition coefficient (Wildman–Crippen LogP) is 0.430. The Morgan fingerprint density at radius 1 is 1.10 bits per heavy atom. The van der Waals surface area contributed by atoms with E-state index in [1.165, 1.54) is 0 Å². The third kappa shape index (κ3) is 2.47. The molecular formula is C14H20N4O2. The minimum absolute atomic E-state index is 0.0939. The van der Waals surface area contributed by atoms with E-state index >= 15 is 0 Å². The van der Waals surface area contributed by atoms with Crippen molar-refractivity contribution in [2.45, 2.75) is 31.3 Å². The molecule has 1 aromatic rings. The van der Waals surface area contributed by atoms with Crippen molar-refractivity contribution in [3.05, 3.63) is 18.5 Å². The van der Waals surface area contributed by atoms with Gasteiger partial charge in [-0.05, 0) is 31.7 Å². The maximum Gasteiger partial charge on any atom is 0.254 e. The lowest BCUT2D eigenvalue weighted by molar-refractivity contribution is -0.151. The van der Waals surface area contributed by atoms with Crippen molar-refractivity contribution in [3.63, 3.8) is 0 Å². The molecule has 108 valence electrons. The van der Waals surface area contributed by atoms with Crippen molar-refractivity contribution in [2.24, 2.45) is 0 Å². The van der Waals surface area contributed by atoms with Crippen LogP contribution in [-0.4, -0.2) is 57.7 Å². The summed E-state index contributed by atoms with van der Waals surface area (Å²) in [7, 11) is 0. The van der Waals surface area contributed by atoms with Gasteiger partial charge in [0.05, 0.1) is 0 Å². The van der Waals surface area contributed by atoms with Crippen molar-refractivity contribution >= 4 is 11.9 Å². The third-order valence-corrected chi connectivity index (χ3v) is 4.23. The molecule has 2 heterocycles. The Hall–Kier alpha value is -1.69. The van der Waals surface area contributed by atoms with Crippen molar-refractivity contribution < 1.29 is 9.90 Å². The normalized spacial score (nSPS) is 22.1. The van der Waals surface area contributed by atoms with E-state index in [4.69, 9.17) is 0 Å². The molecule has 1 amide bonds. The summed E-state index contributed by atoms with van der Waals surface area (Å²) in [4.78, 5) is 24.7. The van der Waals surface area contributed by atoms with Crippen molar-refractivity contribution in [1.29, 1.82) is 0 Å². The van der Waals surface area contributed by atoms with Gasteiger partial charge in [-0.3, -0.25) is 4.79 Å².